The summed E-state index contributed by atoms with van der Waals surface area (Å²) < 4.78 is 0. The van der Waals surface area contributed by atoms with Crippen LogP contribution < -0.4 is 5.32 Å². The van der Waals surface area contributed by atoms with E-state index in [1.807, 2.05) is 0 Å². The Hall–Kier alpha value is -0.0400. The maximum atomic E-state index is 3.35. The number of fused-ring (bicyclic) bond motifs is 2. The van der Waals surface area contributed by atoms with E-state index in [1.54, 1.807) is 6.42 Å². The van der Waals surface area contributed by atoms with Crippen LogP contribution in [-0.2, 0) is 0 Å². The molecule has 4 atom stereocenters. The summed E-state index contributed by atoms with van der Waals surface area (Å²) in [6, 6.07) is 0. The molecule has 3 aliphatic carbocycles. The Bertz CT molecular complexity index is 225. The molecule has 1 nitrogen and oxygen atoms in total. The lowest BCUT2D eigenvalue weighted by Crippen LogP contribution is -2.13. The summed E-state index contributed by atoms with van der Waals surface area (Å²) in [5.74, 6) is 4.36. The van der Waals surface area contributed by atoms with Gasteiger partial charge in [0, 0.05) is 0 Å². The van der Waals surface area contributed by atoms with Crippen molar-refractivity contribution >= 4 is 0 Å². The van der Waals surface area contributed by atoms with Crippen LogP contribution in [0.15, 0.2) is 0 Å². The van der Waals surface area contributed by atoms with Crippen molar-refractivity contribution < 1.29 is 0 Å². The number of hydrogen-bond donors (Lipinski definition) is 1. The van der Waals surface area contributed by atoms with E-state index >= 15 is 0 Å². The molecule has 1 aliphatic heterocycles. The van der Waals surface area contributed by atoms with Crippen LogP contribution in [0.5, 0.6) is 0 Å². The van der Waals surface area contributed by atoms with Gasteiger partial charge in [0.15, 0.2) is 0 Å². The molecule has 1 saturated heterocycles. The lowest BCUT2D eigenvalue weighted by atomic mass is 10.1. The zero-order chi connectivity index (χ0) is 9.76. The van der Waals surface area contributed by atoms with Gasteiger partial charge in [-0.05, 0) is 61.4 Å². The molecule has 1 heteroatoms. The van der Waals surface area contributed by atoms with Crippen molar-refractivity contribution in [2.75, 3.05) is 13.1 Å². The molecule has 4 rings (SSSR count). The zero-order valence-corrected chi connectivity index (χ0v) is 9.55. The zero-order valence-electron chi connectivity index (χ0n) is 9.55. The number of piperidine rings is 1. The largest absolute Gasteiger partial charge is 0.316 e. The summed E-state index contributed by atoms with van der Waals surface area (Å²) in [7, 11) is 0. The first-order chi connectivity index (χ1) is 6.71. The van der Waals surface area contributed by atoms with Crippen LogP contribution in [-0.4, -0.2) is 13.1 Å². The van der Waals surface area contributed by atoms with Crippen molar-refractivity contribution in [3.63, 3.8) is 0 Å². The first-order valence-electron chi connectivity index (χ1n) is 6.41. The highest BCUT2D eigenvalue weighted by atomic mass is 15.0. The Kier molecular flexibility index (Phi) is 1.96. The Morgan fingerprint density at radius 2 is 1.93 bits per heavy atom. The predicted molar refractivity (Wildman–Crippen MR) is 59.1 cm³/mol. The quantitative estimate of drug-likeness (QED) is 0.623. The highest BCUT2D eigenvalue weighted by molar-refractivity contribution is 5.02. The average molecular weight is 193 g/mol. The lowest BCUT2D eigenvalue weighted by molar-refractivity contribution is 0.547. The molecule has 80 valence electrons. The van der Waals surface area contributed by atoms with E-state index in [0.717, 1.165) is 29.1 Å². The Labute approximate surface area is 87.7 Å². The fraction of sp³-hybridized carbons (Fsp3) is 1.00. The van der Waals surface area contributed by atoms with E-state index in [4.69, 9.17) is 0 Å². The van der Waals surface area contributed by atoms with Gasteiger partial charge in [0.1, 0.15) is 0 Å². The summed E-state index contributed by atoms with van der Waals surface area (Å²) >= 11 is 0. The van der Waals surface area contributed by atoms with E-state index in [2.05, 4.69) is 19.2 Å². The second-order valence-electron chi connectivity index (χ2n) is 6.29. The fourth-order valence-electron chi connectivity index (χ4n) is 3.74. The van der Waals surface area contributed by atoms with E-state index in [-0.39, 0.29) is 0 Å². The van der Waals surface area contributed by atoms with Crippen LogP contribution in [0.2, 0.25) is 0 Å². The minimum absolute atomic E-state index is 0.861. The normalized spacial score (nSPS) is 57.0. The average Bonchev–Trinajstić information content (AvgIpc) is 2.81. The number of hydrogen-bond acceptors (Lipinski definition) is 1. The molecule has 3 unspecified atom stereocenters. The topological polar surface area (TPSA) is 12.0 Å². The third kappa shape index (κ3) is 1.41. The van der Waals surface area contributed by atoms with Crippen molar-refractivity contribution in [2.24, 2.45) is 29.1 Å². The monoisotopic (exact) mass is 193 g/mol. The Morgan fingerprint density at radius 3 is 2.14 bits per heavy atom. The summed E-state index contributed by atoms with van der Waals surface area (Å²) in [6.07, 6.45) is 6.13. The van der Waals surface area contributed by atoms with Gasteiger partial charge in [-0.15, -0.1) is 0 Å². The van der Waals surface area contributed by atoms with Gasteiger partial charge in [-0.25, -0.2) is 0 Å². The second-order valence-corrected chi connectivity index (χ2v) is 6.29. The fourth-order valence-corrected chi connectivity index (χ4v) is 3.74. The molecular formula is C13H23N. The molecule has 3 saturated carbocycles. The molecular weight excluding hydrogens is 170 g/mol. The van der Waals surface area contributed by atoms with Crippen LogP contribution in [0.3, 0.4) is 0 Å². The van der Waals surface area contributed by atoms with Crippen LogP contribution >= 0.6 is 0 Å². The minimum Gasteiger partial charge on any atom is -0.316 e. The maximum absolute atomic E-state index is 3.35. The number of rotatable bonds is 0. The third-order valence-electron chi connectivity index (χ3n) is 5.36. The van der Waals surface area contributed by atoms with Crippen molar-refractivity contribution in [1.29, 1.82) is 0 Å². The van der Waals surface area contributed by atoms with E-state index in [0.29, 0.717) is 0 Å². The lowest BCUT2D eigenvalue weighted by Gasteiger charge is -1.96. The molecule has 14 heavy (non-hydrogen) atoms. The van der Waals surface area contributed by atoms with Crippen LogP contribution in [0.4, 0.5) is 0 Å². The van der Waals surface area contributed by atoms with Gasteiger partial charge >= 0.3 is 0 Å². The van der Waals surface area contributed by atoms with Gasteiger partial charge < -0.3 is 5.32 Å². The van der Waals surface area contributed by atoms with Crippen molar-refractivity contribution in [1.82, 2.24) is 5.32 Å². The summed E-state index contributed by atoms with van der Waals surface area (Å²) in [6.45, 7) is 7.39. The van der Waals surface area contributed by atoms with Crippen LogP contribution in [0, 0.1) is 29.1 Å². The standard InChI is InChI=1S/C7H12.C6H11N/c1-7-4-2-3-6(7)5-7;1-4-5-2-7-3-6(4)5/h6H,2-5H2,1H3;4-7H,2-3H2,1H3/t6?,7-;/m1./s1. The SMILES string of the molecule is CC1C2CNCC12.C[C@]12CCCC1C2. The molecule has 0 bridgehead atoms. The van der Waals surface area contributed by atoms with Gasteiger partial charge in [0.2, 0.25) is 0 Å². The highest BCUT2D eigenvalue weighted by Crippen LogP contribution is 2.62. The van der Waals surface area contributed by atoms with Gasteiger partial charge in [0.05, 0.1) is 0 Å². The molecule has 0 aromatic rings. The Morgan fingerprint density at radius 1 is 1.21 bits per heavy atom. The van der Waals surface area contributed by atoms with E-state index in [1.165, 1.54) is 32.4 Å². The minimum atomic E-state index is 0.861. The Balaban J connectivity index is 0.0000000914. The van der Waals surface area contributed by atoms with Crippen molar-refractivity contribution in [2.45, 2.75) is 39.5 Å². The molecule has 0 radical (unpaired) electrons. The molecule has 1 heterocycles. The highest BCUT2D eigenvalue weighted by Gasteiger charge is 2.52. The van der Waals surface area contributed by atoms with Crippen LogP contribution in [0.1, 0.15) is 39.5 Å². The van der Waals surface area contributed by atoms with E-state index < -0.39 is 0 Å². The molecule has 4 fully saturated rings. The van der Waals surface area contributed by atoms with Gasteiger partial charge in [-0.1, -0.05) is 20.3 Å². The first-order valence-corrected chi connectivity index (χ1v) is 6.41. The summed E-state index contributed by atoms with van der Waals surface area (Å²) in [5.41, 5.74) is 0.861. The summed E-state index contributed by atoms with van der Waals surface area (Å²) in [4.78, 5) is 0. The van der Waals surface area contributed by atoms with Crippen LogP contribution in [0.25, 0.3) is 0 Å². The van der Waals surface area contributed by atoms with Gasteiger partial charge in [0.25, 0.3) is 0 Å². The van der Waals surface area contributed by atoms with Gasteiger partial charge in [-0.2, -0.15) is 0 Å². The molecule has 0 spiro atoms. The van der Waals surface area contributed by atoms with Crippen molar-refractivity contribution in [3.8, 4) is 0 Å². The smallest absolute Gasteiger partial charge is 0.00145 e. The number of nitrogens with one attached hydrogen (secondary N) is 1. The van der Waals surface area contributed by atoms with Gasteiger partial charge in [-0.3, -0.25) is 0 Å². The first kappa shape index (κ1) is 9.21. The molecule has 1 N–H and O–H groups in total. The van der Waals surface area contributed by atoms with Crippen molar-refractivity contribution in [3.05, 3.63) is 0 Å². The van der Waals surface area contributed by atoms with E-state index in [9.17, 15) is 0 Å². The predicted octanol–water partition coefficient (Wildman–Crippen LogP) is 2.67. The maximum Gasteiger partial charge on any atom is -0.00145 e. The molecule has 0 aromatic carbocycles. The molecule has 0 aromatic heterocycles. The summed E-state index contributed by atoms with van der Waals surface area (Å²) in [5, 5.41) is 3.35. The molecule has 0 amide bonds. The molecule has 4 aliphatic rings. The second kappa shape index (κ2) is 2.98. The third-order valence-corrected chi connectivity index (χ3v) is 5.36.